The molecule has 0 atom stereocenters. The van der Waals surface area contributed by atoms with Crippen molar-refractivity contribution in [1.29, 1.82) is 0 Å². The van der Waals surface area contributed by atoms with Crippen LogP contribution in [0.15, 0.2) is 29.6 Å². The van der Waals surface area contributed by atoms with Gasteiger partial charge in [0.15, 0.2) is 0 Å². The van der Waals surface area contributed by atoms with E-state index < -0.39 is 0 Å². The van der Waals surface area contributed by atoms with Crippen LogP contribution < -0.4 is 9.30 Å². The molecule has 0 saturated carbocycles. The molecule has 2 aromatic carbocycles. The van der Waals surface area contributed by atoms with Gasteiger partial charge >= 0.3 is 0 Å². The average Bonchev–Trinajstić information content (AvgIpc) is 3.11. The molecule has 0 aliphatic carbocycles. The molecule has 0 fully saturated rings. The molecular weight excluding hydrogens is 374 g/mol. The van der Waals surface area contributed by atoms with Crippen molar-refractivity contribution in [1.82, 2.24) is 0 Å². The van der Waals surface area contributed by atoms with Gasteiger partial charge < -0.3 is 4.74 Å². The van der Waals surface area contributed by atoms with Gasteiger partial charge in [-0.05, 0) is 72.2 Å². The van der Waals surface area contributed by atoms with Crippen LogP contribution in [0.5, 0.6) is 11.5 Å². The Bertz CT molecular complexity index is 1320. The molecule has 0 unspecified atom stereocenters. The SMILES string of the molecule is Cc1cc2c3c(c(C)c(C)cc3c1)-c1c(c(CC(C)(C)C)c3ccsc3[n+]1C)O2. The van der Waals surface area contributed by atoms with E-state index in [4.69, 9.17) is 4.74 Å². The van der Waals surface area contributed by atoms with Crippen molar-refractivity contribution >= 4 is 32.3 Å². The van der Waals surface area contributed by atoms with E-state index in [9.17, 15) is 0 Å². The van der Waals surface area contributed by atoms with Crippen molar-refractivity contribution < 1.29 is 9.30 Å². The van der Waals surface area contributed by atoms with Gasteiger partial charge in [-0.2, -0.15) is 4.57 Å². The maximum Gasteiger partial charge on any atom is 0.269 e. The highest BCUT2D eigenvalue weighted by molar-refractivity contribution is 7.16. The molecule has 2 nitrogen and oxygen atoms in total. The summed E-state index contributed by atoms with van der Waals surface area (Å²) in [5, 5.41) is 6.05. The minimum Gasteiger partial charge on any atom is -0.449 e. The zero-order chi connectivity index (χ0) is 20.7. The number of nitrogens with zero attached hydrogens (tertiary/aromatic N) is 1. The zero-order valence-electron chi connectivity index (χ0n) is 18.4. The molecule has 4 aromatic rings. The summed E-state index contributed by atoms with van der Waals surface area (Å²) in [5.41, 5.74) is 7.99. The van der Waals surface area contributed by atoms with Crippen LogP contribution in [-0.2, 0) is 13.5 Å². The smallest absolute Gasteiger partial charge is 0.269 e. The Labute approximate surface area is 176 Å². The van der Waals surface area contributed by atoms with E-state index in [0.717, 1.165) is 17.9 Å². The lowest BCUT2D eigenvalue weighted by atomic mass is 9.84. The molecular formula is C26H28NOS+. The van der Waals surface area contributed by atoms with Crippen LogP contribution in [0.2, 0.25) is 0 Å². The van der Waals surface area contributed by atoms with E-state index in [1.54, 1.807) is 0 Å². The van der Waals surface area contributed by atoms with E-state index in [2.05, 4.69) is 82.8 Å². The summed E-state index contributed by atoms with van der Waals surface area (Å²) < 4.78 is 9.10. The number of rotatable bonds is 1. The average molecular weight is 403 g/mol. The number of aryl methyl sites for hydroxylation is 3. The molecule has 5 rings (SSSR count). The molecule has 0 bridgehead atoms. The lowest BCUT2D eigenvalue weighted by Crippen LogP contribution is -2.34. The first-order valence-electron chi connectivity index (χ1n) is 10.3. The number of thiophene rings is 1. The monoisotopic (exact) mass is 402 g/mol. The molecule has 1 aliphatic rings. The molecule has 3 heterocycles. The van der Waals surface area contributed by atoms with Gasteiger partial charge in [0.1, 0.15) is 12.8 Å². The van der Waals surface area contributed by atoms with E-state index in [1.165, 1.54) is 54.5 Å². The van der Waals surface area contributed by atoms with Crippen LogP contribution in [0.25, 0.3) is 32.2 Å². The third-order valence-corrected chi connectivity index (χ3v) is 7.11. The molecule has 0 N–H and O–H groups in total. The molecule has 148 valence electrons. The topological polar surface area (TPSA) is 13.1 Å². The quantitative estimate of drug-likeness (QED) is 0.271. The van der Waals surface area contributed by atoms with Crippen molar-refractivity contribution in [3.63, 3.8) is 0 Å². The summed E-state index contributed by atoms with van der Waals surface area (Å²) >= 11 is 1.82. The fourth-order valence-electron chi connectivity index (χ4n) is 4.78. The minimum atomic E-state index is 0.176. The number of benzene rings is 2. The maximum absolute atomic E-state index is 6.74. The van der Waals surface area contributed by atoms with E-state index >= 15 is 0 Å². The summed E-state index contributed by atoms with van der Waals surface area (Å²) in [6.07, 6.45) is 0.985. The molecule has 3 heteroatoms. The number of ether oxygens (including phenoxy) is 1. The van der Waals surface area contributed by atoms with Gasteiger partial charge in [0, 0.05) is 10.9 Å². The van der Waals surface area contributed by atoms with Gasteiger partial charge in [-0.15, -0.1) is 0 Å². The van der Waals surface area contributed by atoms with Crippen molar-refractivity contribution in [2.45, 2.75) is 48.0 Å². The van der Waals surface area contributed by atoms with Crippen molar-refractivity contribution in [2.24, 2.45) is 12.5 Å². The third-order valence-electron chi connectivity index (χ3n) is 6.12. The van der Waals surface area contributed by atoms with Crippen LogP contribution >= 0.6 is 11.3 Å². The molecule has 0 saturated heterocycles. The highest BCUT2D eigenvalue weighted by Gasteiger charge is 2.36. The molecule has 0 radical (unpaired) electrons. The summed E-state index contributed by atoms with van der Waals surface area (Å²) in [6.45, 7) is 13.6. The normalized spacial score (nSPS) is 13.1. The fraction of sp³-hybridized carbons (Fsp3) is 0.346. The summed E-state index contributed by atoms with van der Waals surface area (Å²) in [6, 6.07) is 9.04. The van der Waals surface area contributed by atoms with Gasteiger partial charge in [-0.1, -0.05) is 44.2 Å². The van der Waals surface area contributed by atoms with Crippen LogP contribution in [0.4, 0.5) is 0 Å². The fourth-order valence-corrected chi connectivity index (χ4v) is 5.68. The Kier molecular flexibility index (Phi) is 3.89. The minimum absolute atomic E-state index is 0.176. The molecule has 29 heavy (non-hydrogen) atoms. The van der Waals surface area contributed by atoms with Gasteiger partial charge in [0.25, 0.3) is 10.5 Å². The Balaban J connectivity index is 1.99. The predicted octanol–water partition coefficient (Wildman–Crippen LogP) is 7.17. The van der Waals surface area contributed by atoms with Gasteiger partial charge in [0.2, 0.25) is 5.75 Å². The first-order chi connectivity index (χ1) is 13.7. The maximum atomic E-state index is 6.74. The summed E-state index contributed by atoms with van der Waals surface area (Å²) in [7, 11) is 2.19. The van der Waals surface area contributed by atoms with Gasteiger partial charge in [-0.25, -0.2) is 0 Å². The van der Waals surface area contributed by atoms with Crippen LogP contribution in [0.3, 0.4) is 0 Å². The van der Waals surface area contributed by atoms with Gasteiger partial charge in [-0.3, -0.25) is 0 Å². The van der Waals surface area contributed by atoms with Crippen molar-refractivity contribution in [2.75, 3.05) is 0 Å². The van der Waals surface area contributed by atoms with Crippen molar-refractivity contribution in [3.8, 4) is 22.8 Å². The van der Waals surface area contributed by atoms with Crippen LogP contribution in [0.1, 0.15) is 43.0 Å². The summed E-state index contributed by atoms with van der Waals surface area (Å²) in [5.74, 6) is 2.04. The van der Waals surface area contributed by atoms with E-state index in [1.807, 2.05) is 11.3 Å². The second-order valence-corrected chi connectivity index (χ2v) is 10.6. The second kappa shape index (κ2) is 6.06. The molecule has 0 amide bonds. The predicted molar refractivity (Wildman–Crippen MR) is 123 cm³/mol. The molecule has 2 aromatic heterocycles. The van der Waals surface area contributed by atoms with Crippen LogP contribution in [-0.4, -0.2) is 0 Å². The lowest BCUT2D eigenvalue weighted by Gasteiger charge is -2.26. The molecule has 0 spiro atoms. The number of pyridine rings is 1. The number of hydrogen-bond donors (Lipinski definition) is 0. The third kappa shape index (κ3) is 2.71. The zero-order valence-corrected chi connectivity index (χ0v) is 19.2. The van der Waals surface area contributed by atoms with E-state index in [0.29, 0.717) is 0 Å². The van der Waals surface area contributed by atoms with E-state index in [-0.39, 0.29) is 5.41 Å². The highest BCUT2D eigenvalue weighted by Crippen LogP contribution is 2.51. The standard InChI is InChI=1S/C26H28NOS/c1-14-10-17-12-15(2)16(3)21-22(17)20(11-14)28-24-19(13-26(4,5)6)18-8-9-29-25(18)27(7)23(21)24/h8-12H,13H2,1-7H3/q+1. The number of aromatic nitrogens is 1. The molecule has 1 aliphatic heterocycles. The highest BCUT2D eigenvalue weighted by atomic mass is 32.1. The lowest BCUT2D eigenvalue weighted by molar-refractivity contribution is -0.631. The first-order valence-corrected chi connectivity index (χ1v) is 11.2. The van der Waals surface area contributed by atoms with Gasteiger partial charge in [0.05, 0.1) is 10.9 Å². The number of fused-ring (bicyclic) bond motifs is 3. The Hall–Kier alpha value is -2.39. The Morgan fingerprint density at radius 2 is 1.83 bits per heavy atom. The first kappa shape index (κ1) is 18.6. The summed E-state index contributed by atoms with van der Waals surface area (Å²) in [4.78, 5) is 1.32. The number of hydrogen-bond acceptors (Lipinski definition) is 2. The van der Waals surface area contributed by atoms with Crippen LogP contribution in [0, 0.1) is 26.2 Å². The van der Waals surface area contributed by atoms with Crippen molar-refractivity contribution in [3.05, 3.63) is 51.9 Å². The Morgan fingerprint density at radius 1 is 1.07 bits per heavy atom. The second-order valence-electron chi connectivity index (χ2n) is 9.75. The largest absolute Gasteiger partial charge is 0.449 e. The Morgan fingerprint density at radius 3 is 2.55 bits per heavy atom.